The topological polar surface area (TPSA) is 83.7 Å². The Hall–Kier alpha value is -1.15. The van der Waals surface area contributed by atoms with E-state index in [4.69, 9.17) is 5.73 Å². The van der Waals surface area contributed by atoms with Crippen LogP contribution in [-0.4, -0.2) is 55.8 Å². The molecule has 2 aliphatic rings. The summed E-state index contributed by atoms with van der Waals surface area (Å²) in [5.74, 6) is 0.770. The van der Waals surface area contributed by atoms with Gasteiger partial charge in [0.2, 0.25) is 10.0 Å². The van der Waals surface area contributed by atoms with Gasteiger partial charge < -0.3 is 10.6 Å². The first-order chi connectivity index (χ1) is 11.9. The van der Waals surface area contributed by atoms with Crippen molar-refractivity contribution >= 4 is 28.3 Å². The van der Waals surface area contributed by atoms with Gasteiger partial charge >= 0.3 is 0 Å². The fourth-order valence-electron chi connectivity index (χ4n) is 4.16. The van der Waals surface area contributed by atoms with Gasteiger partial charge in [-0.25, -0.2) is 8.42 Å². The zero-order chi connectivity index (χ0) is 18.2. The maximum absolute atomic E-state index is 12.8. The Balaban J connectivity index is 0.00000243. The summed E-state index contributed by atoms with van der Waals surface area (Å²) in [5.41, 5.74) is 6.58. The van der Waals surface area contributed by atoms with Crippen molar-refractivity contribution in [1.82, 2.24) is 9.21 Å². The normalized spacial score (nSPS) is 25.2. The molecule has 1 aromatic carbocycles. The van der Waals surface area contributed by atoms with Crippen LogP contribution in [-0.2, 0) is 10.0 Å². The number of sulfonamides is 1. The lowest BCUT2D eigenvalue weighted by molar-refractivity contribution is 0.0779. The number of nitrogens with two attached hydrogens (primary N) is 1. The lowest BCUT2D eigenvalue weighted by atomic mass is 9.98. The van der Waals surface area contributed by atoms with E-state index < -0.39 is 10.0 Å². The molecule has 6 nitrogen and oxygen atoms in total. The maximum atomic E-state index is 12.8. The zero-order valence-corrected chi connectivity index (χ0v) is 16.9. The first-order valence-electron chi connectivity index (χ1n) is 9.03. The Kier molecular flexibility index (Phi) is 6.71. The summed E-state index contributed by atoms with van der Waals surface area (Å²) in [6.45, 7) is 5.83. The van der Waals surface area contributed by atoms with E-state index >= 15 is 0 Å². The molecule has 1 saturated heterocycles. The highest BCUT2D eigenvalue weighted by atomic mass is 35.5. The Morgan fingerprint density at radius 1 is 1.23 bits per heavy atom. The monoisotopic (exact) mass is 401 g/mol. The van der Waals surface area contributed by atoms with E-state index in [9.17, 15) is 13.2 Å². The quantitative estimate of drug-likeness (QED) is 0.817. The van der Waals surface area contributed by atoms with Gasteiger partial charge in [-0.15, -0.1) is 12.4 Å². The van der Waals surface area contributed by atoms with E-state index in [0.29, 0.717) is 37.0 Å². The molecule has 1 aliphatic heterocycles. The summed E-state index contributed by atoms with van der Waals surface area (Å²) in [6, 6.07) is 6.57. The molecule has 26 heavy (non-hydrogen) atoms. The predicted octanol–water partition coefficient (Wildman–Crippen LogP) is 1.95. The van der Waals surface area contributed by atoms with Gasteiger partial charge in [-0.2, -0.15) is 4.31 Å². The van der Waals surface area contributed by atoms with Crippen LogP contribution in [0.3, 0.4) is 0 Å². The van der Waals surface area contributed by atoms with Crippen molar-refractivity contribution in [3.05, 3.63) is 29.8 Å². The molecular weight excluding hydrogens is 374 g/mol. The molecule has 1 aromatic rings. The summed E-state index contributed by atoms with van der Waals surface area (Å²) in [7, 11) is -3.56. The van der Waals surface area contributed by atoms with Crippen molar-refractivity contribution in [2.45, 2.75) is 37.6 Å². The summed E-state index contributed by atoms with van der Waals surface area (Å²) in [6.07, 6.45) is 2.11. The van der Waals surface area contributed by atoms with Gasteiger partial charge in [0.05, 0.1) is 4.90 Å². The largest absolute Gasteiger partial charge is 0.338 e. The van der Waals surface area contributed by atoms with E-state index in [1.165, 1.54) is 10.4 Å². The van der Waals surface area contributed by atoms with Crippen LogP contribution >= 0.6 is 12.4 Å². The van der Waals surface area contributed by atoms with Crippen LogP contribution in [0.25, 0.3) is 0 Å². The number of halogens is 1. The molecule has 0 radical (unpaired) electrons. The Morgan fingerprint density at radius 3 is 2.54 bits per heavy atom. The maximum Gasteiger partial charge on any atom is 0.253 e. The lowest BCUT2D eigenvalue weighted by Crippen LogP contribution is -2.34. The smallest absolute Gasteiger partial charge is 0.253 e. The van der Waals surface area contributed by atoms with Gasteiger partial charge in [-0.3, -0.25) is 4.79 Å². The van der Waals surface area contributed by atoms with Gasteiger partial charge in [0.25, 0.3) is 5.91 Å². The minimum atomic E-state index is -3.56. The van der Waals surface area contributed by atoms with Crippen LogP contribution in [0.5, 0.6) is 0 Å². The number of likely N-dealkylation sites (tertiary alicyclic amines) is 1. The number of carbonyl (C=O) groups is 1. The standard InChI is InChI=1S/C18H27N3O3S.ClH/c1-3-21(4-2)25(23,24)15-7-5-6-13(10-15)18(22)20-11-14-8-9-17(19)16(14)12-20;/h5-7,10,14,16-17H,3-4,8-9,11-12,19H2,1-2H3;1H. The van der Waals surface area contributed by atoms with Crippen molar-refractivity contribution in [3.8, 4) is 0 Å². The van der Waals surface area contributed by atoms with Gasteiger partial charge in [0.1, 0.15) is 0 Å². The number of hydrogen-bond donors (Lipinski definition) is 1. The van der Waals surface area contributed by atoms with Crippen LogP contribution in [0.15, 0.2) is 29.2 Å². The van der Waals surface area contributed by atoms with E-state index in [-0.39, 0.29) is 29.3 Å². The Bertz CT molecular complexity index is 752. The average molecular weight is 402 g/mol. The van der Waals surface area contributed by atoms with Crippen LogP contribution in [0.4, 0.5) is 0 Å². The molecule has 3 atom stereocenters. The molecule has 3 unspecified atom stereocenters. The van der Waals surface area contributed by atoms with Crippen LogP contribution in [0, 0.1) is 11.8 Å². The van der Waals surface area contributed by atoms with E-state index in [1.807, 2.05) is 18.7 Å². The molecule has 146 valence electrons. The molecule has 0 bridgehead atoms. The minimum Gasteiger partial charge on any atom is -0.338 e. The highest BCUT2D eigenvalue weighted by Gasteiger charge is 2.42. The number of benzene rings is 1. The van der Waals surface area contributed by atoms with Crippen molar-refractivity contribution in [2.75, 3.05) is 26.2 Å². The number of nitrogens with zero attached hydrogens (tertiary/aromatic N) is 2. The Labute approximate surface area is 162 Å². The number of amides is 1. The molecule has 1 saturated carbocycles. The summed E-state index contributed by atoms with van der Waals surface area (Å²) in [5, 5.41) is 0. The number of carbonyl (C=O) groups excluding carboxylic acids is 1. The highest BCUT2D eigenvalue weighted by Crippen LogP contribution is 2.37. The van der Waals surface area contributed by atoms with Crippen molar-refractivity contribution < 1.29 is 13.2 Å². The molecule has 2 fully saturated rings. The second-order valence-electron chi connectivity index (χ2n) is 6.99. The van der Waals surface area contributed by atoms with Crippen LogP contribution < -0.4 is 5.73 Å². The third-order valence-corrected chi connectivity index (χ3v) is 7.67. The summed E-state index contributed by atoms with van der Waals surface area (Å²) < 4.78 is 26.8. The second-order valence-corrected chi connectivity index (χ2v) is 8.93. The summed E-state index contributed by atoms with van der Waals surface area (Å²) in [4.78, 5) is 14.9. The number of rotatable bonds is 5. The number of fused-ring (bicyclic) bond motifs is 1. The highest BCUT2D eigenvalue weighted by molar-refractivity contribution is 7.89. The SMILES string of the molecule is CCN(CC)S(=O)(=O)c1cccc(C(=O)N2CC3CCC(N)C3C2)c1.Cl. The fraction of sp³-hybridized carbons (Fsp3) is 0.611. The molecule has 8 heteroatoms. The molecule has 2 N–H and O–H groups in total. The number of hydrogen-bond acceptors (Lipinski definition) is 4. The molecular formula is C18H28ClN3O3S. The molecule has 0 aromatic heterocycles. The molecule has 3 rings (SSSR count). The van der Waals surface area contributed by atoms with E-state index in [0.717, 1.165) is 19.4 Å². The summed E-state index contributed by atoms with van der Waals surface area (Å²) >= 11 is 0. The van der Waals surface area contributed by atoms with Gasteiger partial charge in [-0.1, -0.05) is 19.9 Å². The predicted molar refractivity (Wildman–Crippen MR) is 104 cm³/mol. The molecule has 1 aliphatic carbocycles. The van der Waals surface area contributed by atoms with Crippen LogP contribution in [0.1, 0.15) is 37.0 Å². The van der Waals surface area contributed by atoms with Crippen molar-refractivity contribution in [3.63, 3.8) is 0 Å². The van der Waals surface area contributed by atoms with Crippen molar-refractivity contribution in [2.24, 2.45) is 17.6 Å². The molecule has 0 spiro atoms. The third kappa shape index (κ3) is 3.76. The second kappa shape index (κ2) is 8.25. The lowest BCUT2D eigenvalue weighted by Gasteiger charge is -2.21. The van der Waals surface area contributed by atoms with Gasteiger partial charge in [-0.05, 0) is 42.9 Å². The first kappa shape index (κ1) is 21.2. The third-order valence-electron chi connectivity index (χ3n) is 5.62. The fourth-order valence-corrected chi connectivity index (χ4v) is 5.66. The minimum absolute atomic E-state index is 0. The van der Waals surface area contributed by atoms with Gasteiger partial charge in [0, 0.05) is 37.8 Å². The van der Waals surface area contributed by atoms with E-state index in [1.54, 1.807) is 18.2 Å². The first-order valence-corrected chi connectivity index (χ1v) is 10.5. The molecule has 1 heterocycles. The Morgan fingerprint density at radius 2 is 1.92 bits per heavy atom. The average Bonchev–Trinajstić information content (AvgIpc) is 3.17. The van der Waals surface area contributed by atoms with E-state index in [2.05, 4.69) is 0 Å². The van der Waals surface area contributed by atoms with Gasteiger partial charge in [0.15, 0.2) is 0 Å². The van der Waals surface area contributed by atoms with Crippen molar-refractivity contribution in [1.29, 1.82) is 0 Å². The zero-order valence-electron chi connectivity index (χ0n) is 15.3. The molecule has 1 amide bonds. The van der Waals surface area contributed by atoms with Crippen LogP contribution in [0.2, 0.25) is 0 Å².